The highest BCUT2D eigenvalue weighted by molar-refractivity contribution is 5.95. The average Bonchev–Trinajstić information content (AvgIpc) is 3.07. The topological polar surface area (TPSA) is 84.7 Å². The molecule has 0 bridgehead atoms. The van der Waals surface area contributed by atoms with Crippen LogP contribution < -0.4 is 0 Å². The summed E-state index contributed by atoms with van der Waals surface area (Å²) in [4.78, 5) is 24.8. The Labute approximate surface area is 158 Å². The number of benzene rings is 1. The van der Waals surface area contributed by atoms with Gasteiger partial charge in [-0.15, -0.1) is 0 Å². The average molecular weight is 397 g/mol. The number of rotatable bonds is 4. The molecule has 1 aliphatic heterocycles. The number of hydrogen-bond donors (Lipinski definition) is 1. The van der Waals surface area contributed by atoms with E-state index in [1.54, 1.807) is 19.1 Å². The minimum atomic E-state index is -4.81. The van der Waals surface area contributed by atoms with Gasteiger partial charge in [-0.3, -0.25) is 9.59 Å². The molecular formula is C18H18F3N3O4. The van der Waals surface area contributed by atoms with Crippen LogP contribution in [0.25, 0.3) is 5.69 Å². The van der Waals surface area contributed by atoms with Gasteiger partial charge in [-0.25, -0.2) is 4.68 Å². The second-order valence-corrected chi connectivity index (χ2v) is 6.49. The Balaban J connectivity index is 1.94. The van der Waals surface area contributed by atoms with Crippen molar-refractivity contribution < 1.29 is 32.6 Å². The van der Waals surface area contributed by atoms with E-state index in [0.29, 0.717) is 4.68 Å². The van der Waals surface area contributed by atoms with Gasteiger partial charge in [-0.2, -0.15) is 18.3 Å². The minimum absolute atomic E-state index is 0.0527. The van der Waals surface area contributed by atoms with E-state index in [1.165, 1.54) is 17.0 Å². The van der Waals surface area contributed by atoms with Crippen molar-refractivity contribution in [3.63, 3.8) is 0 Å². The van der Waals surface area contributed by atoms with Crippen molar-refractivity contribution in [3.8, 4) is 5.69 Å². The van der Waals surface area contributed by atoms with Crippen molar-refractivity contribution in [2.24, 2.45) is 0 Å². The summed E-state index contributed by atoms with van der Waals surface area (Å²) in [6, 6.07) is 6.28. The van der Waals surface area contributed by atoms with Crippen LogP contribution in [0.15, 0.2) is 30.5 Å². The summed E-state index contributed by atoms with van der Waals surface area (Å²) in [6.07, 6.45) is -5.01. The second kappa shape index (κ2) is 7.63. The molecule has 2 heterocycles. The van der Waals surface area contributed by atoms with Gasteiger partial charge in [0, 0.05) is 13.1 Å². The highest BCUT2D eigenvalue weighted by Crippen LogP contribution is 2.34. The molecule has 0 unspecified atom stereocenters. The maximum atomic E-state index is 13.7. The molecule has 0 spiro atoms. The maximum absolute atomic E-state index is 13.7. The number of halogens is 3. The molecule has 1 N–H and O–H groups in total. The van der Waals surface area contributed by atoms with E-state index in [2.05, 4.69) is 5.10 Å². The summed E-state index contributed by atoms with van der Waals surface area (Å²) in [5.74, 6) is -1.97. The van der Waals surface area contributed by atoms with Crippen molar-refractivity contribution in [3.05, 3.63) is 47.3 Å². The van der Waals surface area contributed by atoms with E-state index in [4.69, 9.17) is 9.84 Å². The number of carbonyl (C=O) groups is 2. The first-order valence-electron chi connectivity index (χ1n) is 8.51. The molecular weight excluding hydrogens is 379 g/mol. The van der Waals surface area contributed by atoms with Gasteiger partial charge in [0.25, 0.3) is 5.91 Å². The summed E-state index contributed by atoms with van der Waals surface area (Å²) in [5, 5.41) is 12.7. The minimum Gasteiger partial charge on any atom is -0.481 e. The molecule has 10 heteroatoms. The highest BCUT2D eigenvalue weighted by Gasteiger charge is 2.42. The Morgan fingerprint density at radius 2 is 1.96 bits per heavy atom. The molecule has 7 nitrogen and oxygen atoms in total. The van der Waals surface area contributed by atoms with Crippen LogP contribution in [0.4, 0.5) is 13.2 Å². The number of carbonyl (C=O) groups excluding carboxylic acids is 1. The predicted octanol–water partition coefficient (Wildman–Crippen LogP) is 2.52. The van der Waals surface area contributed by atoms with Gasteiger partial charge in [0.1, 0.15) is 0 Å². The fourth-order valence-corrected chi connectivity index (χ4v) is 3.05. The van der Waals surface area contributed by atoms with Gasteiger partial charge in [0.15, 0.2) is 5.69 Å². The number of alkyl halides is 3. The normalized spacial score (nSPS) is 17.6. The number of aliphatic carboxylic acids is 1. The van der Waals surface area contributed by atoms with E-state index in [1.807, 2.05) is 0 Å². The molecule has 1 amide bonds. The lowest BCUT2D eigenvalue weighted by Crippen LogP contribution is -2.46. The van der Waals surface area contributed by atoms with Crippen molar-refractivity contribution >= 4 is 11.9 Å². The molecule has 28 heavy (non-hydrogen) atoms. The van der Waals surface area contributed by atoms with Crippen LogP contribution in [0.2, 0.25) is 0 Å². The number of amides is 1. The van der Waals surface area contributed by atoms with Crippen LogP contribution in [0.1, 0.15) is 28.0 Å². The Bertz CT molecular complexity index is 877. The first kappa shape index (κ1) is 19.9. The van der Waals surface area contributed by atoms with Crippen molar-refractivity contribution in [2.75, 3.05) is 19.7 Å². The first-order chi connectivity index (χ1) is 13.2. The number of carboxylic acid groups (broad SMARTS) is 1. The number of hydrogen-bond acceptors (Lipinski definition) is 4. The summed E-state index contributed by atoms with van der Waals surface area (Å²) in [7, 11) is 0. The van der Waals surface area contributed by atoms with Gasteiger partial charge in [-0.05, 0) is 19.1 Å². The zero-order valence-electron chi connectivity index (χ0n) is 14.9. The largest absolute Gasteiger partial charge is 0.481 e. The Kier molecular flexibility index (Phi) is 5.41. The zero-order chi connectivity index (χ0) is 20.5. The Morgan fingerprint density at radius 3 is 2.57 bits per heavy atom. The van der Waals surface area contributed by atoms with Crippen LogP contribution >= 0.6 is 0 Å². The lowest BCUT2D eigenvalue weighted by atomic mass is 10.1. The van der Waals surface area contributed by atoms with Crippen LogP contribution in [0, 0.1) is 6.92 Å². The lowest BCUT2D eigenvalue weighted by Gasteiger charge is -2.32. The summed E-state index contributed by atoms with van der Waals surface area (Å²) >= 11 is 0. The molecule has 1 aliphatic rings. The molecule has 2 aromatic rings. The van der Waals surface area contributed by atoms with Crippen LogP contribution in [-0.2, 0) is 15.7 Å². The van der Waals surface area contributed by atoms with E-state index >= 15 is 0 Å². The number of nitrogens with zero attached hydrogens (tertiary/aromatic N) is 3. The third kappa shape index (κ3) is 4.16. The molecule has 0 radical (unpaired) electrons. The number of aromatic nitrogens is 2. The number of morpholine rings is 1. The fraction of sp³-hybridized carbons (Fsp3) is 0.389. The van der Waals surface area contributed by atoms with Gasteiger partial charge in [0.2, 0.25) is 0 Å². The van der Waals surface area contributed by atoms with Gasteiger partial charge < -0.3 is 14.7 Å². The smallest absolute Gasteiger partial charge is 0.434 e. The Morgan fingerprint density at radius 1 is 1.29 bits per heavy atom. The van der Waals surface area contributed by atoms with Crippen molar-refractivity contribution in [1.82, 2.24) is 14.7 Å². The monoisotopic (exact) mass is 397 g/mol. The number of carboxylic acids is 1. The third-order valence-electron chi connectivity index (χ3n) is 4.37. The third-order valence-corrected chi connectivity index (χ3v) is 4.37. The quantitative estimate of drug-likeness (QED) is 0.857. The van der Waals surface area contributed by atoms with E-state index < -0.39 is 35.4 Å². The molecule has 1 aromatic carbocycles. The van der Waals surface area contributed by atoms with Gasteiger partial charge in [-0.1, -0.05) is 17.7 Å². The molecule has 1 aromatic heterocycles. The van der Waals surface area contributed by atoms with Crippen LogP contribution in [-0.4, -0.2) is 57.5 Å². The van der Waals surface area contributed by atoms with Crippen molar-refractivity contribution in [1.29, 1.82) is 0 Å². The molecule has 1 saturated heterocycles. The number of aryl methyl sites for hydroxylation is 1. The second-order valence-electron chi connectivity index (χ2n) is 6.49. The zero-order valence-corrected chi connectivity index (χ0v) is 14.9. The van der Waals surface area contributed by atoms with Crippen LogP contribution in [0.5, 0.6) is 0 Å². The van der Waals surface area contributed by atoms with Crippen molar-refractivity contribution in [2.45, 2.75) is 25.6 Å². The van der Waals surface area contributed by atoms with E-state index in [0.717, 1.165) is 11.8 Å². The molecule has 150 valence electrons. The molecule has 0 aliphatic carbocycles. The predicted molar refractivity (Wildman–Crippen MR) is 91.2 cm³/mol. The maximum Gasteiger partial charge on any atom is 0.434 e. The molecule has 3 rings (SSSR count). The summed E-state index contributed by atoms with van der Waals surface area (Å²) in [5.41, 5.74) is -0.687. The Hall–Kier alpha value is -2.88. The first-order valence-corrected chi connectivity index (χ1v) is 8.51. The molecule has 1 atom stereocenters. The highest BCUT2D eigenvalue weighted by atomic mass is 19.4. The standard InChI is InChI=1S/C18H18F3N3O4/c1-11-2-4-12(5-3-11)24-16(18(19,20)21)14(9-22-24)17(27)23-6-7-28-13(10-23)8-15(25)26/h2-5,9,13H,6-8,10H2,1H3,(H,25,26)/t13-/m0/s1. The lowest BCUT2D eigenvalue weighted by molar-refractivity contribution is -0.143. The molecule has 0 saturated carbocycles. The summed E-state index contributed by atoms with van der Waals surface area (Å²) < 4.78 is 47.2. The fourth-order valence-electron chi connectivity index (χ4n) is 3.05. The van der Waals surface area contributed by atoms with Gasteiger partial charge >= 0.3 is 12.1 Å². The van der Waals surface area contributed by atoms with E-state index in [9.17, 15) is 22.8 Å². The van der Waals surface area contributed by atoms with Gasteiger partial charge in [0.05, 0.1) is 36.6 Å². The number of ether oxygens (including phenoxy) is 1. The van der Waals surface area contributed by atoms with Crippen LogP contribution in [0.3, 0.4) is 0 Å². The SMILES string of the molecule is Cc1ccc(-n2ncc(C(=O)N3CCO[C@@H](CC(=O)O)C3)c2C(F)(F)F)cc1. The van der Waals surface area contributed by atoms with E-state index in [-0.39, 0.29) is 31.8 Å². The summed E-state index contributed by atoms with van der Waals surface area (Å²) in [6.45, 7) is 1.83. The molecule has 1 fully saturated rings.